The van der Waals surface area contributed by atoms with Crippen LogP contribution in [0.2, 0.25) is 0 Å². The number of carbonyl (C=O) groups is 1. The fraction of sp³-hybridized carbons (Fsp3) is 0.316. The Hall–Kier alpha value is -2.10. The molecule has 1 aliphatic heterocycles. The second kappa shape index (κ2) is 8.93. The van der Waals surface area contributed by atoms with E-state index in [9.17, 15) is 13.2 Å². The first-order chi connectivity index (χ1) is 13.4. The lowest BCUT2D eigenvalue weighted by Gasteiger charge is -2.19. The molecule has 3 rings (SSSR count). The maximum Gasteiger partial charge on any atom is 0.307 e. The standard InChI is InChI=1S/C19H20BrNO6S/c1-25-19(22)12-16(13-3-5-14(20)6-4-13)21-28(23,24)15-7-8-17-18(11-15)27-10-2-9-26-17/h3-8,11,16,21H,2,9-10,12H2,1H3. The van der Waals surface area contributed by atoms with Gasteiger partial charge in [-0.1, -0.05) is 28.1 Å². The predicted molar refractivity (Wildman–Crippen MR) is 106 cm³/mol. The van der Waals surface area contributed by atoms with Gasteiger partial charge in [-0.15, -0.1) is 0 Å². The van der Waals surface area contributed by atoms with E-state index >= 15 is 0 Å². The van der Waals surface area contributed by atoms with E-state index in [0.29, 0.717) is 30.3 Å². The second-order valence-corrected chi connectivity index (χ2v) is 8.79. The van der Waals surface area contributed by atoms with Crippen LogP contribution >= 0.6 is 15.9 Å². The van der Waals surface area contributed by atoms with Crippen LogP contribution in [0.5, 0.6) is 11.5 Å². The summed E-state index contributed by atoms with van der Waals surface area (Å²) in [4.78, 5) is 11.8. The molecular weight excluding hydrogens is 450 g/mol. The predicted octanol–water partition coefficient (Wildman–Crippen LogP) is 3.19. The summed E-state index contributed by atoms with van der Waals surface area (Å²) in [6.07, 6.45) is 0.585. The minimum Gasteiger partial charge on any atom is -0.490 e. The Morgan fingerprint density at radius 1 is 1.14 bits per heavy atom. The quantitative estimate of drug-likeness (QED) is 0.653. The molecule has 1 aliphatic rings. The first kappa shape index (κ1) is 20.6. The zero-order valence-corrected chi connectivity index (χ0v) is 17.6. The van der Waals surface area contributed by atoms with Gasteiger partial charge in [0.05, 0.1) is 37.7 Å². The number of ether oxygens (including phenoxy) is 3. The van der Waals surface area contributed by atoms with E-state index in [1.807, 2.05) is 0 Å². The van der Waals surface area contributed by atoms with Gasteiger partial charge in [0, 0.05) is 17.0 Å². The van der Waals surface area contributed by atoms with Gasteiger partial charge in [-0.25, -0.2) is 13.1 Å². The number of sulfonamides is 1. The first-order valence-corrected chi connectivity index (χ1v) is 10.9. The van der Waals surface area contributed by atoms with E-state index in [4.69, 9.17) is 14.2 Å². The van der Waals surface area contributed by atoms with Crippen LogP contribution in [0.25, 0.3) is 0 Å². The molecule has 0 aliphatic carbocycles. The molecule has 2 aromatic carbocycles. The number of carbonyl (C=O) groups excluding carboxylic acids is 1. The third-order valence-corrected chi connectivity index (χ3v) is 6.20. The Balaban J connectivity index is 1.89. The lowest BCUT2D eigenvalue weighted by Crippen LogP contribution is -2.30. The number of hydrogen-bond acceptors (Lipinski definition) is 6. The molecule has 0 spiro atoms. The summed E-state index contributed by atoms with van der Waals surface area (Å²) >= 11 is 3.34. The van der Waals surface area contributed by atoms with E-state index in [-0.39, 0.29) is 11.3 Å². The molecule has 28 heavy (non-hydrogen) atoms. The smallest absolute Gasteiger partial charge is 0.307 e. The van der Waals surface area contributed by atoms with Crippen LogP contribution in [0.1, 0.15) is 24.4 Å². The van der Waals surface area contributed by atoms with Crippen LogP contribution in [-0.2, 0) is 19.6 Å². The van der Waals surface area contributed by atoms with Gasteiger partial charge in [0.25, 0.3) is 0 Å². The van der Waals surface area contributed by atoms with E-state index in [2.05, 4.69) is 20.7 Å². The minimum atomic E-state index is -3.92. The summed E-state index contributed by atoms with van der Waals surface area (Å²) in [5.41, 5.74) is 0.645. The van der Waals surface area contributed by atoms with Gasteiger partial charge < -0.3 is 14.2 Å². The number of hydrogen-bond donors (Lipinski definition) is 1. The molecule has 0 saturated heterocycles. The van der Waals surface area contributed by atoms with Crippen LogP contribution in [0.4, 0.5) is 0 Å². The number of esters is 1. The SMILES string of the molecule is COC(=O)CC(NS(=O)(=O)c1ccc2c(c1)OCCCO2)c1ccc(Br)cc1. The Morgan fingerprint density at radius 3 is 2.50 bits per heavy atom. The molecule has 1 unspecified atom stereocenters. The zero-order valence-electron chi connectivity index (χ0n) is 15.2. The molecule has 0 fully saturated rings. The van der Waals surface area contributed by atoms with E-state index in [1.165, 1.54) is 19.2 Å². The molecule has 0 radical (unpaired) electrons. The first-order valence-electron chi connectivity index (χ1n) is 8.63. The lowest BCUT2D eigenvalue weighted by atomic mass is 10.1. The van der Waals surface area contributed by atoms with Crippen LogP contribution in [0.3, 0.4) is 0 Å². The van der Waals surface area contributed by atoms with E-state index < -0.39 is 22.0 Å². The Bertz CT molecular complexity index is 945. The molecule has 1 N–H and O–H groups in total. The number of methoxy groups -OCH3 is 1. The number of benzene rings is 2. The van der Waals surface area contributed by atoms with E-state index in [1.54, 1.807) is 30.3 Å². The number of halogens is 1. The second-order valence-electron chi connectivity index (χ2n) is 6.16. The van der Waals surface area contributed by atoms with Crippen molar-refractivity contribution < 1.29 is 27.4 Å². The zero-order chi connectivity index (χ0) is 20.1. The molecule has 1 atom stereocenters. The Morgan fingerprint density at radius 2 is 1.82 bits per heavy atom. The molecule has 9 heteroatoms. The Kier molecular flexibility index (Phi) is 6.58. The van der Waals surface area contributed by atoms with Crippen molar-refractivity contribution in [2.75, 3.05) is 20.3 Å². The molecule has 7 nitrogen and oxygen atoms in total. The van der Waals surface area contributed by atoms with Crippen LogP contribution in [0.15, 0.2) is 51.8 Å². The fourth-order valence-electron chi connectivity index (χ4n) is 2.74. The average molecular weight is 470 g/mol. The highest BCUT2D eigenvalue weighted by Crippen LogP contribution is 2.32. The average Bonchev–Trinajstić information content (AvgIpc) is 2.92. The van der Waals surface area contributed by atoms with E-state index in [0.717, 1.165) is 10.9 Å². The topological polar surface area (TPSA) is 90.9 Å². The lowest BCUT2D eigenvalue weighted by molar-refractivity contribution is -0.141. The number of rotatable bonds is 6. The summed E-state index contributed by atoms with van der Waals surface area (Å²) in [6.45, 7) is 0.968. The van der Waals surface area contributed by atoms with Crippen molar-refractivity contribution in [1.82, 2.24) is 4.72 Å². The molecule has 0 aromatic heterocycles. The largest absolute Gasteiger partial charge is 0.490 e. The molecule has 0 bridgehead atoms. The van der Waals surface area contributed by atoms with Crippen molar-refractivity contribution >= 4 is 31.9 Å². The summed E-state index contributed by atoms with van der Waals surface area (Å²) in [5.74, 6) is 0.373. The fourth-order valence-corrected chi connectivity index (χ4v) is 4.24. The highest BCUT2D eigenvalue weighted by atomic mass is 79.9. The highest BCUT2D eigenvalue weighted by Gasteiger charge is 2.25. The van der Waals surface area contributed by atoms with Crippen LogP contribution < -0.4 is 14.2 Å². The van der Waals surface area contributed by atoms with Crippen LogP contribution in [-0.4, -0.2) is 34.7 Å². The molecular formula is C19H20BrNO6S. The third kappa shape index (κ3) is 5.03. The molecule has 0 saturated carbocycles. The van der Waals surface area contributed by atoms with Crippen molar-refractivity contribution in [3.05, 3.63) is 52.5 Å². The van der Waals surface area contributed by atoms with Crippen molar-refractivity contribution in [1.29, 1.82) is 0 Å². The summed E-state index contributed by atoms with van der Waals surface area (Å²) in [5, 5.41) is 0. The monoisotopic (exact) mass is 469 g/mol. The van der Waals surface area contributed by atoms with Crippen molar-refractivity contribution in [3.8, 4) is 11.5 Å². The minimum absolute atomic E-state index is 0.0312. The van der Waals surface area contributed by atoms with Gasteiger partial charge in [0.2, 0.25) is 10.0 Å². The normalized spacial score (nSPS) is 14.8. The summed E-state index contributed by atoms with van der Waals surface area (Å²) in [7, 11) is -2.66. The van der Waals surface area contributed by atoms with Crippen molar-refractivity contribution in [2.45, 2.75) is 23.8 Å². The maximum atomic E-state index is 13.0. The number of nitrogens with one attached hydrogen (secondary N) is 1. The van der Waals surface area contributed by atoms with Gasteiger partial charge in [-0.2, -0.15) is 0 Å². The maximum absolute atomic E-state index is 13.0. The van der Waals surface area contributed by atoms with Gasteiger partial charge in [-0.3, -0.25) is 4.79 Å². The van der Waals surface area contributed by atoms with Gasteiger partial charge in [0.1, 0.15) is 0 Å². The molecule has 2 aromatic rings. The Labute approximate surface area is 172 Å². The van der Waals surface area contributed by atoms with Gasteiger partial charge in [0.15, 0.2) is 11.5 Å². The third-order valence-electron chi connectivity index (χ3n) is 4.20. The molecule has 150 valence electrons. The van der Waals surface area contributed by atoms with Gasteiger partial charge in [-0.05, 0) is 29.8 Å². The summed E-state index contributed by atoms with van der Waals surface area (Å²) < 4.78 is 45.2. The molecule has 0 amide bonds. The van der Waals surface area contributed by atoms with Crippen molar-refractivity contribution in [2.24, 2.45) is 0 Å². The highest BCUT2D eigenvalue weighted by molar-refractivity contribution is 9.10. The number of fused-ring (bicyclic) bond motifs is 1. The van der Waals surface area contributed by atoms with Crippen molar-refractivity contribution in [3.63, 3.8) is 0 Å². The summed E-state index contributed by atoms with van der Waals surface area (Å²) in [6, 6.07) is 10.7. The molecule has 1 heterocycles. The van der Waals surface area contributed by atoms with Gasteiger partial charge >= 0.3 is 5.97 Å². The van der Waals surface area contributed by atoms with Crippen LogP contribution in [0, 0.1) is 0 Å².